The Bertz CT molecular complexity index is 624. The van der Waals surface area contributed by atoms with E-state index in [-0.39, 0.29) is 18.2 Å². The fourth-order valence-electron chi connectivity index (χ4n) is 2.27. The lowest BCUT2D eigenvalue weighted by Gasteiger charge is -2.24. The summed E-state index contributed by atoms with van der Waals surface area (Å²) >= 11 is 1.50. The molecule has 5 heteroatoms. The molecule has 0 aliphatic carbocycles. The number of anilines is 1. The van der Waals surface area contributed by atoms with Gasteiger partial charge in [-0.15, -0.1) is 0 Å². The molecule has 0 spiro atoms. The molecule has 1 aromatic carbocycles. The highest BCUT2D eigenvalue weighted by atomic mass is 32.1. The van der Waals surface area contributed by atoms with Crippen molar-refractivity contribution in [3.05, 3.63) is 52.7 Å². The SMILES string of the molecule is CC(C)CN(CCC(=O)Nc1ccccc1)C(=O)c1ccsc1. The summed E-state index contributed by atoms with van der Waals surface area (Å²) in [5.74, 6) is 0.269. The van der Waals surface area contributed by atoms with E-state index in [2.05, 4.69) is 19.2 Å². The van der Waals surface area contributed by atoms with Crippen LogP contribution in [0.5, 0.6) is 0 Å². The van der Waals surface area contributed by atoms with Gasteiger partial charge < -0.3 is 10.2 Å². The summed E-state index contributed by atoms with van der Waals surface area (Å²) in [6, 6.07) is 11.2. The van der Waals surface area contributed by atoms with E-state index < -0.39 is 0 Å². The second-order valence-electron chi connectivity index (χ2n) is 5.82. The molecule has 0 saturated carbocycles. The third-order valence-electron chi connectivity index (χ3n) is 3.31. The van der Waals surface area contributed by atoms with Crippen LogP contribution in [-0.2, 0) is 4.79 Å². The number of nitrogens with one attached hydrogen (secondary N) is 1. The van der Waals surface area contributed by atoms with E-state index in [9.17, 15) is 9.59 Å². The first-order valence-electron chi connectivity index (χ1n) is 7.72. The number of hydrogen-bond donors (Lipinski definition) is 1. The molecule has 0 aliphatic heterocycles. The molecule has 0 unspecified atom stereocenters. The average molecular weight is 330 g/mol. The van der Waals surface area contributed by atoms with Gasteiger partial charge in [0.2, 0.25) is 5.91 Å². The van der Waals surface area contributed by atoms with Crippen molar-refractivity contribution >= 4 is 28.8 Å². The van der Waals surface area contributed by atoms with Gasteiger partial charge in [-0.3, -0.25) is 9.59 Å². The molecule has 1 aromatic heterocycles. The Morgan fingerprint density at radius 2 is 1.91 bits per heavy atom. The van der Waals surface area contributed by atoms with Crippen molar-refractivity contribution in [2.24, 2.45) is 5.92 Å². The number of hydrogen-bond acceptors (Lipinski definition) is 3. The van der Waals surface area contributed by atoms with Crippen LogP contribution in [0.1, 0.15) is 30.6 Å². The van der Waals surface area contributed by atoms with Gasteiger partial charge in [0.1, 0.15) is 0 Å². The van der Waals surface area contributed by atoms with Gasteiger partial charge in [0.25, 0.3) is 5.91 Å². The largest absolute Gasteiger partial charge is 0.338 e. The zero-order valence-corrected chi connectivity index (χ0v) is 14.3. The summed E-state index contributed by atoms with van der Waals surface area (Å²) in [6.45, 7) is 5.20. The first kappa shape index (κ1) is 17.2. The number of amides is 2. The van der Waals surface area contributed by atoms with E-state index in [1.807, 2.05) is 47.2 Å². The summed E-state index contributed by atoms with van der Waals surface area (Å²) in [4.78, 5) is 26.3. The van der Waals surface area contributed by atoms with Crippen molar-refractivity contribution in [3.63, 3.8) is 0 Å². The van der Waals surface area contributed by atoms with Crippen molar-refractivity contribution in [1.82, 2.24) is 4.90 Å². The number of nitrogens with zero attached hydrogens (tertiary/aromatic N) is 1. The van der Waals surface area contributed by atoms with Gasteiger partial charge in [-0.1, -0.05) is 32.0 Å². The summed E-state index contributed by atoms with van der Waals surface area (Å²) < 4.78 is 0. The molecule has 23 heavy (non-hydrogen) atoms. The number of thiophene rings is 1. The summed E-state index contributed by atoms with van der Waals surface area (Å²) in [6.07, 6.45) is 0.289. The Morgan fingerprint density at radius 3 is 2.52 bits per heavy atom. The number of para-hydroxylation sites is 1. The van der Waals surface area contributed by atoms with Crippen LogP contribution in [0.25, 0.3) is 0 Å². The molecule has 1 heterocycles. The lowest BCUT2D eigenvalue weighted by molar-refractivity contribution is -0.116. The third-order valence-corrected chi connectivity index (χ3v) is 3.99. The van der Waals surface area contributed by atoms with Crippen LogP contribution in [0.2, 0.25) is 0 Å². The Labute approximate surface area is 141 Å². The van der Waals surface area contributed by atoms with Gasteiger partial charge in [-0.2, -0.15) is 11.3 Å². The summed E-state index contributed by atoms with van der Waals surface area (Å²) in [5, 5.41) is 6.59. The van der Waals surface area contributed by atoms with Crippen LogP contribution >= 0.6 is 11.3 Å². The van der Waals surface area contributed by atoms with Gasteiger partial charge in [0.05, 0.1) is 5.56 Å². The highest BCUT2D eigenvalue weighted by Crippen LogP contribution is 2.12. The maximum absolute atomic E-state index is 12.5. The maximum Gasteiger partial charge on any atom is 0.254 e. The van der Waals surface area contributed by atoms with Crippen LogP contribution in [0.4, 0.5) is 5.69 Å². The monoisotopic (exact) mass is 330 g/mol. The molecule has 2 aromatic rings. The highest BCUT2D eigenvalue weighted by Gasteiger charge is 2.18. The van der Waals surface area contributed by atoms with Crippen LogP contribution in [0, 0.1) is 5.92 Å². The quantitative estimate of drug-likeness (QED) is 0.837. The minimum Gasteiger partial charge on any atom is -0.338 e. The van der Waals surface area contributed by atoms with Crippen molar-refractivity contribution in [2.45, 2.75) is 20.3 Å². The molecular weight excluding hydrogens is 308 g/mol. The predicted molar refractivity (Wildman–Crippen MR) is 94.7 cm³/mol. The van der Waals surface area contributed by atoms with Crippen molar-refractivity contribution in [1.29, 1.82) is 0 Å². The average Bonchev–Trinajstić information content (AvgIpc) is 3.05. The Hall–Kier alpha value is -2.14. The van der Waals surface area contributed by atoms with Gasteiger partial charge in [-0.25, -0.2) is 0 Å². The molecule has 0 atom stereocenters. The van der Waals surface area contributed by atoms with E-state index in [4.69, 9.17) is 0 Å². The van der Waals surface area contributed by atoms with E-state index in [1.54, 1.807) is 4.90 Å². The smallest absolute Gasteiger partial charge is 0.254 e. The highest BCUT2D eigenvalue weighted by molar-refractivity contribution is 7.08. The van der Waals surface area contributed by atoms with E-state index in [0.717, 1.165) is 5.69 Å². The minimum atomic E-state index is -0.0805. The molecule has 4 nitrogen and oxygen atoms in total. The lowest BCUT2D eigenvalue weighted by Crippen LogP contribution is -2.36. The molecule has 2 amide bonds. The molecule has 0 saturated heterocycles. The van der Waals surface area contributed by atoms with Gasteiger partial charge in [-0.05, 0) is 29.5 Å². The molecule has 2 rings (SSSR count). The van der Waals surface area contributed by atoms with Crippen molar-refractivity contribution in [3.8, 4) is 0 Å². The van der Waals surface area contributed by atoms with Crippen molar-refractivity contribution < 1.29 is 9.59 Å². The number of carbonyl (C=O) groups is 2. The number of benzene rings is 1. The van der Waals surface area contributed by atoms with Crippen LogP contribution in [0.3, 0.4) is 0 Å². The molecule has 0 bridgehead atoms. The van der Waals surface area contributed by atoms with Gasteiger partial charge in [0.15, 0.2) is 0 Å². The fraction of sp³-hybridized carbons (Fsp3) is 0.333. The van der Waals surface area contributed by atoms with Gasteiger partial charge >= 0.3 is 0 Å². The summed E-state index contributed by atoms with van der Waals surface area (Å²) in [7, 11) is 0. The number of rotatable bonds is 7. The van der Waals surface area contributed by atoms with E-state index in [1.165, 1.54) is 11.3 Å². The molecule has 0 fully saturated rings. The Kier molecular flexibility index (Phi) is 6.35. The molecular formula is C18H22N2O2S. The standard InChI is InChI=1S/C18H22N2O2S/c1-14(2)12-20(18(22)15-9-11-23-13-15)10-8-17(21)19-16-6-4-3-5-7-16/h3-7,9,11,13-14H,8,10,12H2,1-2H3,(H,19,21). The Morgan fingerprint density at radius 1 is 1.17 bits per heavy atom. The molecule has 122 valence electrons. The summed E-state index contributed by atoms with van der Waals surface area (Å²) in [5.41, 5.74) is 1.47. The first-order chi connectivity index (χ1) is 11.1. The second kappa shape index (κ2) is 8.48. The predicted octanol–water partition coefficient (Wildman–Crippen LogP) is 3.88. The van der Waals surface area contributed by atoms with E-state index >= 15 is 0 Å². The van der Waals surface area contributed by atoms with Crippen LogP contribution in [0.15, 0.2) is 47.2 Å². The maximum atomic E-state index is 12.5. The zero-order chi connectivity index (χ0) is 16.7. The zero-order valence-electron chi connectivity index (χ0n) is 13.5. The van der Waals surface area contributed by atoms with Crippen LogP contribution < -0.4 is 5.32 Å². The minimum absolute atomic E-state index is 0.00698. The van der Waals surface area contributed by atoms with Crippen LogP contribution in [-0.4, -0.2) is 29.8 Å². The first-order valence-corrected chi connectivity index (χ1v) is 8.67. The molecule has 0 radical (unpaired) electrons. The lowest BCUT2D eigenvalue weighted by atomic mass is 10.1. The topological polar surface area (TPSA) is 49.4 Å². The molecule has 1 N–H and O–H groups in total. The Balaban J connectivity index is 1.92. The third kappa shape index (κ3) is 5.53. The van der Waals surface area contributed by atoms with Gasteiger partial charge in [0, 0.05) is 30.6 Å². The molecule has 0 aliphatic rings. The second-order valence-corrected chi connectivity index (χ2v) is 6.60. The number of carbonyl (C=O) groups excluding carboxylic acids is 2. The fourth-order valence-corrected chi connectivity index (χ4v) is 2.90. The van der Waals surface area contributed by atoms with E-state index in [0.29, 0.717) is 24.6 Å². The normalized spacial score (nSPS) is 10.6. The van der Waals surface area contributed by atoms with Crippen molar-refractivity contribution in [2.75, 3.05) is 18.4 Å².